The van der Waals surface area contributed by atoms with Gasteiger partial charge in [0.25, 0.3) is 0 Å². The van der Waals surface area contributed by atoms with Gasteiger partial charge < -0.3 is 10.2 Å². The average molecular weight is 284 g/mol. The lowest BCUT2D eigenvalue weighted by Gasteiger charge is -2.30. The fourth-order valence-electron chi connectivity index (χ4n) is 2.58. The van der Waals surface area contributed by atoms with Gasteiger partial charge in [-0.1, -0.05) is 0 Å². The molecule has 0 aromatic carbocycles. The molecule has 1 aliphatic rings. The number of urea groups is 1. The first kappa shape index (κ1) is 13.4. The van der Waals surface area contributed by atoms with Gasteiger partial charge in [0, 0.05) is 31.9 Å². The number of fused-ring (bicyclic) bond motifs is 1. The van der Waals surface area contributed by atoms with Gasteiger partial charge in [0.15, 0.2) is 5.65 Å². The summed E-state index contributed by atoms with van der Waals surface area (Å²) < 4.78 is 1.62. The molecule has 0 unspecified atom stereocenters. The van der Waals surface area contributed by atoms with Crippen LogP contribution in [0.15, 0.2) is 24.7 Å². The molecule has 1 fully saturated rings. The van der Waals surface area contributed by atoms with E-state index in [4.69, 9.17) is 5.26 Å². The number of nitrogens with zero attached hydrogens (tertiary/aromatic N) is 5. The van der Waals surface area contributed by atoms with E-state index in [1.807, 2.05) is 0 Å². The van der Waals surface area contributed by atoms with Crippen molar-refractivity contribution in [2.45, 2.75) is 19.3 Å². The SMILES string of the molecule is N#CCC1CCN(C(=O)Nc2cnn3cccnc23)CC1. The van der Waals surface area contributed by atoms with E-state index in [2.05, 4.69) is 21.5 Å². The molecule has 2 aromatic heterocycles. The van der Waals surface area contributed by atoms with Crippen LogP contribution < -0.4 is 5.32 Å². The summed E-state index contributed by atoms with van der Waals surface area (Å²) in [6.07, 6.45) is 7.39. The first-order valence-corrected chi connectivity index (χ1v) is 6.99. The van der Waals surface area contributed by atoms with E-state index in [0.29, 0.717) is 36.8 Å². The van der Waals surface area contributed by atoms with Gasteiger partial charge in [0.05, 0.1) is 12.3 Å². The van der Waals surface area contributed by atoms with Crippen LogP contribution in [0.2, 0.25) is 0 Å². The standard InChI is InChI=1S/C14H16N6O/c15-5-2-11-3-8-19(9-4-11)14(21)18-12-10-17-20-7-1-6-16-13(12)20/h1,6-7,10-11H,2-4,8-9H2,(H,18,21). The summed E-state index contributed by atoms with van der Waals surface area (Å²) in [6, 6.07) is 3.85. The third-order valence-electron chi connectivity index (χ3n) is 3.80. The van der Waals surface area contributed by atoms with Crippen molar-refractivity contribution in [1.82, 2.24) is 19.5 Å². The van der Waals surface area contributed by atoms with Crippen molar-refractivity contribution < 1.29 is 4.79 Å². The lowest BCUT2D eigenvalue weighted by atomic mass is 9.94. The lowest BCUT2D eigenvalue weighted by Crippen LogP contribution is -2.41. The van der Waals surface area contributed by atoms with Crippen LogP contribution in [0.3, 0.4) is 0 Å². The molecule has 2 aromatic rings. The largest absolute Gasteiger partial charge is 0.325 e. The van der Waals surface area contributed by atoms with Crippen molar-refractivity contribution in [3.8, 4) is 6.07 Å². The summed E-state index contributed by atoms with van der Waals surface area (Å²) in [5.74, 6) is 0.415. The summed E-state index contributed by atoms with van der Waals surface area (Å²) in [4.78, 5) is 18.2. The number of carbonyl (C=O) groups is 1. The second kappa shape index (κ2) is 5.79. The quantitative estimate of drug-likeness (QED) is 0.912. The Hall–Kier alpha value is -2.62. The van der Waals surface area contributed by atoms with E-state index in [-0.39, 0.29) is 6.03 Å². The fourth-order valence-corrected chi connectivity index (χ4v) is 2.58. The van der Waals surface area contributed by atoms with Gasteiger partial charge in [-0.15, -0.1) is 0 Å². The fraction of sp³-hybridized carbons (Fsp3) is 0.429. The first-order valence-electron chi connectivity index (χ1n) is 6.99. The second-order valence-electron chi connectivity index (χ2n) is 5.17. The van der Waals surface area contributed by atoms with Crippen LogP contribution in [0, 0.1) is 17.2 Å². The number of nitriles is 1. The Morgan fingerprint density at radius 2 is 2.29 bits per heavy atom. The molecule has 1 saturated heterocycles. The van der Waals surface area contributed by atoms with Crippen LogP contribution >= 0.6 is 0 Å². The maximum absolute atomic E-state index is 12.3. The number of hydrogen-bond acceptors (Lipinski definition) is 4. The maximum Gasteiger partial charge on any atom is 0.321 e. The topological polar surface area (TPSA) is 86.3 Å². The van der Waals surface area contributed by atoms with Crippen LogP contribution in [0.1, 0.15) is 19.3 Å². The maximum atomic E-state index is 12.3. The van der Waals surface area contributed by atoms with Gasteiger partial charge in [0.2, 0.25) is 0 Å². The molecule has 2 amide bonds. The average Bonchev–Trinajstić information content (AvgIpc) is 2.92. The predicted octanol–water partition coefficient (Wildman–Crippen LogP) is 1.89. The number of aromatic nitrogens is 3. The van der Waals surface area contributed by atoms with E-state index < -0.39 is 0 Å². The van der Waals surface area contributed by atoms with Gasteiger partial charge in [-0.25, -0.2) is 14.3 Å². The summed E-state index contributed by atoms with van der Waals surface area (Å²) in [5, 5.41) is 15.7. The number of likely N-dealkylation sites (tertiary alicyclic amines) is 1. The molecule has 21 heavy (non-hydrogen) atoms. The molecular formula is C14H16N6O. The van der Waals surface area contributed by atoms with E-state index in [1.54, 1.807) is 34.1 Å². The van der Waals surface area contributed by atoms with Gasteiger partial charge >= 0.3 is 6.03 Å². The predicted molar refractivity (Wildman–Crippen MR) is 76.5 cm³/mol. The van der Waals surface area contributed by atoms with Crippen molar-refractivity contribution >= 4 is 17.4 Å². The molecule has 0 bridgehead atoms. The number of carbonyl (C=O) groups excluding carboxylic acids is 1. The number of nitrogens with one attached hydrogen (secondary N) is 1. The Morgan fingerprint density at radius 3 is 3.05 bits per heavy atom. The summed E-state index contributed by atoms with van der Waals surface area (Å²) in [6.45, 7) is 1.37. The Balaban J connectivity index is 1.63. The molecule has 0 radical (unpaired) electrons. The van der Waals surface area contributed by atoms with Gasteiger partial charge in [-0.2, -0.15) is 10.4 Å². The second-order valence-corrected chi connectivity index (χ2v) is 5.17. The number of hydrogen-bond donors (Lipinski definition) is 1. The van der Waals surface area contributed by atoms with Crippen LogP contribution in [0.5, 0.6) is 0 Å². The Bertz CT molecular complexity index is 680. The molecule has 7 heteroatoms. The molecule has 0 aliphatic carbocycles. The van der Waals surface area contributed by atoms with E-state index >= 15 is 0 Å². The molecule has 7 nitrogen and oxygen atoms in total. The minimum atomic E-state index is -0.133. The monoisotopic (exact) mass is 284 g/mol. The number of piperidine rings is 1. The van der Waals surface area contributed by atoms with Crippen LogP contribution in [-0.4, -0.2) is 38.6 Å². The van der Waals surface area contributed by atoms with Crippen molar-refractivity contribution in [2.75, 3.05) is 18.4 Å². The summed E-state index contributed by atoms with van der Waals surface area (Å²) in [7, 11) is 0. The van der Waals surface area contributed by atoms with E-state index in [1.165, 1.54) is 0 Å². The highest BCUT2D eigenvalue weighted by molar-refractivity contribution is 5.92. The zero-order valence-corrected chi connectivity index (χ0v) is 11.6. The first-order chi connectivity index (χ1) is 10.3. The van der Waals surface area contributed by atoms with Crippen molar-refractivity contribution in [3.05, 3.63) is 24.7 Å². The zero-order chi connectivity index (χ0) is 14.7. The molecule has 1 aliphatic heterocycles. The molecule has 1 N–H and O–H groups in total. The van der Waals surface area contributed by atoms with Gasteiger partial charge in [-0.3, -0.25) is 0 Å². The van der Waals surface area contributed by atoms with Crippen LogP contribution in [-0.2, 0) is 0 Å². The Kier molecular flexibility index (Phi) is 3.69. The smallest absolute Gasteiger partial charge is 0.321 e. The zero-order valence-electron chi connectivity index (χ0n) is 11.6. The molecule has 3 heterocycles. The minimum Gasteiger partial charge on any atom is -0.325 e. The minimum absolute atomic E-state index is 0.133. The highest BCUT2D eigenvalue weighted by Crippen LogP contribution is 2.21. The molecular weight excluding hydrogens is 268 g/mol. The molecule has 3 rings (SSSR count). The summed E-state index contributed by atoms with van der Waals surface area (Å²) >= 11 is 0. The number of rotatable bonds is 2. The number of amides is 2. The normalized spacial score (nSPS) is 15.9. The lowest BCUT2D eigenvalue weighted by molar-refractivity contribution is 0.183. The molecule has 0 saturated carbocycles. The highest BCUT2D eigenvalue weighted by atomic mass is 16.2. The Labute approximate surface area is 122 Å². The van der Waals surface area contributed by atoms with Gasteiger partial charge in [0.1, 0.15) is 5.69 Å². The third-order valence-corrected chi connectivity index (χ3v) is 3.80. The van der Waals surface area contributed by atoms with E-state index in [9.17, 15) is 4.79 Å². The van der Waals surface area contributed by atoms with E-state index in [0.717, 1.165) is 12.8 Å². The van der Waals surface area contributed by atoms with Crippen LogP contribution in [0.25, 0.3) is 5.65 Å². The third kappa shape index (κ3) is 2.79. The molecule has 0 spiro atoms. The van der Waals surface area contributed by atoms with Crippen molar-refractivity contribution in [3.63, 3.8) is 0 Å². The highest BCUT2D eigenvalue weighted by Gasteiger charge is 2.23. The molecule has 0 atom stereocenters. The summed E-state index contributed by atoms with van der Waals surface area (Å²) in [5.41, 5.74) is 1.24. The van der Waals surface area contributed by atoms with Crippen molar-refractivity contribution in [2.24, 2.45) is 5.92 Å². The Morgan fingerprint density at radius 1 is 1.48 bits per heavy atom. The van der Waals surface area contributed by atoms with Crippen molar-refractivity contribution in [1.29, 1.82) is 5.26 Å². The van der Waals surface area contributed by atoms with Gasteiger partial charge in [-0.05, 0) is 24.8 Å². The van der Waals surface area contributed by atoms with Crippen LogP contribution in [0.4, 0.5) is 10.5 Å². The number of anilines is 1. The molecule has 108 valence electrons.